The van der Waals surface area contributed by atoms with Gasteiger partial charge in [0, 0.05) is 23.5 Å². The van der Waals surface area contributed by atoms with Crippen LogP contribution in [0, 0.1) is 0 Å². The Labute approximate surface area is 162 Å². The molecule has 1 heterocycles. The van der Waals surface area contributed by atoms with Crippen LogP contribution in [-0.2, 0) is 6.54 Å². The van der Waals surface area contributed by atoms with Crippen molar-refractivity contribution in [3.8, 4) is 5.75 Å². The van der Waals surface area contributed by atoms with Crippen molar-refractivity contribution in [2.24, 2.45) is 0 Å². The van der Waals surface area contributed by atoms with Crippen molar-refractivity contribution >= 4 is 29.1 Å². The zero-order valence-corrected chi connectivity index (χ0v) is 15.5. The number of nitrogens with zero attached hydrogens (tertiary/aromatic N) is 2. The second-order valence-corrected chi connectivity index (χ2v) is 6.03. The number of anilines is 2. The number of amides is 1. The summed E-state index contributed by atoms with van der Waals surface area (Å²) >= 11 is 6.14. The second-order valence-electron chi connectivity index (χ2n) is 5.62. The van der Waals surface area contributed by atoms with E-state index < -0.39 is 0 Å². The van der Waals surface area contributed by atoms with Gasteiger partial charge in [-0.1, -0.05) is 29.8 Å². The predicted molar refractivity (Wildman–Crippen MR) is 106 cm³/mol. The van der Waals surface area contributed by atoms with Crippen LogP contribution in [0.3, 0.4) is 0 Å². The lowest BCUT2D eigenvalue weighted by atomic mass is 10.2. The maximum absolute atomic E-state index is 12.4. The Morgan fingerprint density at radius 1 is 1.11 bits per heavy atom. The summed E-state index contributed by atoms with van der Waals surface area (Å²) < 4.78 is 5.39. The number of carbonyl (C=O) groups is 1. The molecule has 0 saturated heterocycles. The molecule has 1 amide bonds. The van der Waals surface area contributed by atoms with Gasteiger partial charge in [-0.15, -0.1) is 0 Å². The summed E-state index contributed by atoms with van der Waals surface area (Å²) in [7, 11) is 0. The zero-order chi connectivity index (χ0) is 19.1. The van der Waals surface area contributed by atoms with Crippen molar-refractivity contribution in [2.75, 3.05) is 17.2 Å². The SMILES string of the molecule is CCOc1ccc(NC(=O)c2ccnc(NCc3ccccc3Cl)n2)cc1. The van der Waals surface area contributed by atoms with E-state index in [0.29, 0.717) is 29.8 Å². The summed E-state index contributed by atoms with van der Waals surface area (Å²) in [5.41, 5.74) is 1.85. The highest BCUT2D eigenvalue weighted by Crippen LogP contribution is 2.17. The molecule has 0 saturated carbocycles. The lowest BCUT2D eigenvalue weighted by molar-refractivity contribution is 0.102. The van der Waals surface area contributed by atoms with E-state index in [0.717, 1.165) is 11.3 Å². The van der Waals surface area contributed by atoms with Gasteiger partial charge in [-0.25, -0.2) is 9.97 Å². The average molecular weight is 383 g/mol. The predicted octanol–water partition coefficient (Wildman–Crippen LogP) is 4.39. The number of hydrogen-bond acceptors (Lipinski definition) is 5. The number of benzene rings is 2. The molecule has 1 aromatic heterocycles. The van der Waals surface area contributed by atoms with Crippen molar-refractivity contribution in [3.05, 3.63) is 77.1 Å². The number of nitrogens with one attached hydrogen (secondary N) is 2. The summed E-state index contributed by atoms with van der Waals surface area (Å²) in [5, 5.41) is 6.54. The van der Waals surface area contributed by atoms with Gasteiger partial charge in [0.05, 0.1) is 6.61 Å². The smallest absolute Gasteiger partial charge is 0.274 e. The first-order valence-electron chi connectivity index (χ1n) is 8.50. The average Bonchev–Trinajstić information content (AvgIpc) is 2.69. The molecule has 2 aromatic carbocycles. The molecule has 0 aliphatic heterocycles. The summed E-state index contributed by atoms with van der Waals surface area (Å²) in [5.74, 6) is 0.792. The molecule has 6 nitrogen and oxygen atoms in total. The lowest BCUT2D eigenvalue weighted by Gasteiger charge is -2.09. The first-order chi connectivity index (χ1) is 13.2. The Bertz CT molecular complexity index is 916. The molecule has 3 rings (SSSR count). The van der Waals surface area contributed by atoms with Crippen LogP contribution in [0.4, 0.5) is 11.6 Å². The second kappa shape index (κ2) is 9.00. The highest BCUT2D eigenvalue weighted by atomic mass is 35.5. The van der Waals surface area contributed by atoms with Crippen LogP contribution in [-0.4, -0.2) is 22.5 Å². The molecule has 0 fully saturated rings. The number of hydrogen-bond donors (Lipinski definition) is 2. The minimum absolute atomic E-state index is 0.264. The largest absolute Gasteiger partial charge is 0.494 e. The number of rotatable bonds is 7. The van der Waals surface area contributed by atoms with Gasteiger partial charge < -0.3 is 15.4 Å². The standard InChI is InChI=1S/C20H19ClN4O2/c1-2-27-16-9-7-15(8-10-16)24-19(26)18-11-12-22-20(25-18)23-13-14-5-3-4-6-17(14)21/h3-12H,2,13H2,1H3,(H,24,26)(H,22,23,25). The number of ether oxygens (including phenoxy) is 1. The monoisotopic (exact) mass is 382 g/mol. The van der Waals surface area contributed by atoms with E-state index in [2.05, 4.69) is 20.6 Å². The topological polar surface area (TPSA) is 76.1 Å². The molecule has 27 heavy (non-hydrogen) atoms. The van der Waals surface area contributed by atoms with Gasteiger partial charge in [0.1, 0.15) is 11.4 Å². The third-order valence-electron chi connectivity index (χ3n) is 3.71. The van der Waals surface area contributed by atoms with E-state index in [9.17, 15) is 4.79 Å². The molecule has 0 aliphatic rings. The summed E-state index contributed by atoms with van der Waals surface area (Å²) in [4.78, 5) is 20.8. The molecule has 138 valence electrons. The Morgan fingerprint density at radius 3 is 2.63 bits per heavy atom. The maximum Gasteiger partial charge on any atom is 0.274 e. The quantitative estimate of drug-likeness (QED) is 0.633. The summed E-state index contributed by atoms with van der Waals surface area (Å²) in [6.07, 6.45) is 1.54. The number of halogens is 1. The first-order valence-corrected chi connectivity index (χ1v) is 8.88. The van der Waals surface area contributed by atoms with Gasteiger partial charge >= 0.3 is 0 Å². The van der Waals surface area contributed by atoms with Crippen LogP contribution in [0.5, 0.6) is 5.75 Å². The van der Waals surface area contributed by atoms with E-state index in [1.165, 1.54) is 6.20 Å². The Morgan fingerprint density at radius 2 is 1.89 bits per heavy atom. The number of carbonyl (C=O) groups excluding carboxylic acids is 1. The van der Waals surface area contributed by atoms with Crippen LogP contribution in [0.2, 0.25) is 5.02 Å². The molecule has 0 atom stereocenters. The minimum atomic E-state index is -0.317. The highest BCUT2D eigenvalue weighted by molar-refractivity contribution is 6.31. The molecular formula is C20H19ClN4O2. The molecule has 2 N–H and O–H groups in total. The molecule has 3 aromatic rings. The Balaban J connectivity index is 1.63. The van der Waals surface area contributed by atoms with Gasteiger partial charge in [-0.2, -0.15) is 0 Å². The fourth-order valence-electron chi connectivity index (χ4n) is 2.38. The molecular weight excluding hydrogens is 364 g/mol. The van der Waals surface area contributed by atoms with Crippen LogP contribution in [0.25, 0.3) is 0 Å². The van der Waals surface area contributed by atoms with E-state index >= 15 is 0 Å². The number of aromatic nitrogens is 2. The summed E-state index contributed by atoms with van der Waals surface area (Å²) in [6.45, 7) is 2.97. The van der Waals surface area contributed by atoms with Gasteiger partial charge in [0.15, 0.2) is 0 Å². The van der Waals surface area contributed by atoms with E-state index in [1.54, 1.807) is 30.3 Å². The van der Waals surface area contributed by atoms with Gasteiger partial charge in [-0.05, 0) is 48.9 Å². The van der Waals surface area contributed by atoms with Crippen molar-refractivity contribution in [2.45, 2.75) is 13.5 Å². The van der Waals surface area contributed by atoms with Crippen LogP contribution in [0.1, 0.15) is 23.0 Å². The van der Waals surface area contributed by atoms with Crippen molar-refractivity contribution < 1.29 is 9.53 Å². The zero-order valence-electron chi connectivity index (χ0n) is 14.8. The molecule has 7 heteroatoms. The summed E-state index contributed by atoms with van der Waals surface area (Å²) in [6, 6.07) is 16.2. The molecule has 0 unspecified atom stereocenters. The Hall–Kier alpha value is -3.12. The van der Waals surface area contributed by atoms with Crippen LogP contribution in [0.15, 0.2) is 60.8 Å². The highest BCUT2D eigenvalue weighted by Gasteiger charge is 2.10. The fourth-order valence-corrected chi connectivity index (χ4v) is 2.59. The molecule has 0 spiro atoms. The van der Waals surface area contributed by atoms with E-state index in [-0.39, 0.29) is 11.6 Å². The van der Waals surface area contributed by atoms with Crippen LogP contribution >= 0.6 is 11.6 Å². The molecule has 0 radical (unpaired) electrons. The third kappa shape index (κ3) is 5.18. The van der Waals surface area contributed by atoms with Gasteiger partial charge in [0.2, 0.25) is 5.95 Å². The molecule has 0 aliphatic carbocycles. The van der Waals surface area contributed by atoms with Crippen molar-refractivity contribution in [1.82, 2.24) is 9.97 Å². The van der Waals surface area contributed by atoms with Crippen molar-refractivity contribution in [1.29, 1.82) is 0 Å². The third-order valence-corrected chi connectivity index (χ3v) is 4.07. The van der Waals surface area contributed by atoms with E-state index in [1.807, 2.05) is 31.2 Å². The minimum Gasteiger partial charge on any atom is -0.494 e. The normalized spacial score (nSPS) is 10.3. The molecule has 0 bridgehead atoms. The first kappa shape index (κ1) is 18.7. The Kier molecular flexibility index (Phi) is 6.22. The van der Waals surface area contributed by atoms with Crippen molar-refractivity contribution in [3.63, 3.8) is 0 Å². The lowest BCUT2D eigenvalue weighted by Crippen LogP contribution is -2.15. The van der Waals surface area contributed by atoms with E-state index in [4.69, 9.17) is 16.3 Å². The van der Waals surface area contributed by atoms with Gasteiger partial charge in [0.25, 0.3) is 5.91 Å². The van der Waals surface area contributed by atoms with Crippen LogP contribution < -0.4 is 15.4 Å². The fraction of sp³-hybridized carbons (Fsp3) is 0.150. The maximum atomic E-state index is 12.4. The van der Waals surface area contributed by atoms with Gasteiger partial charge in [-0.3, -0.25) is 4.79 Å².